The number of carbonyl (C=O) groups excluding carboxylic acids is 2. The second-order valence-corrected chi connectivity index (χ2v) is 7.58. The fourth-order valence-corrected chi connectivity index (χ4v) is 3.65. The number of anilines is 1. The van der Waals surface area contributed by atoms with Crippen molar-refractivity contribution in [3.63, 3.8) is 0 Å². The molecule has 0 radical (unpaired) electrons. The lowest BCUT2D eigenvalue weighted by Crippen LogP contribution is -2.41. The number of amides is 2. The molecule has 0 saturated heterocycles. The minimum Gasteiger partial charge on any atom is -0.350 e. The number of benzene rings is 2. The number of hydrogen-bond donors (Lipinski definition) is 2. The molecule has 1 aliphatic heterocycles. The maximum Gasteiger partial charge on any atom is 0.251 e. The molecule has 0 bridgehead atoms. The third kappa shape index (κ3) is 4.65. The van der Waals surface area contributed by atoms with E-state index in [1.165, 1.54) is 17.3 Å². The van der Waals surface area contributed by atoms with Crippen LogP contribution in [0, 0.1) is 0 Å². The molecule has 1 atom stereocenters. The van der Waals surface area contributed by atoms with E-state index in [-0.39, 0.29) is 17.9 Å². The average Bonchev–Trinajstić information content (AvgIpc) is 2.64. The number of rotatable bonds is 6. The van der Waals surface area contributed by atoms with Gasteiger partial charge >= 0.3 is 0 Å². The third-order valence-corrected chi connectivity index (χ3v) is 5.49. The van der Waals surface area contributed by atoms with E-state index in [4.69, 9.17) is 0 Å². The Labute approximate surface area is 158 Å². The molecule has 0 spiro atoms. The molecule has 0 unspecified atom stereocenters. The Morgan fingerprint density at radius 1 is 1.23 bits per heavy atom. The zero-order valence-electron chi connectivity index (χ0n) is 15.0. The molecule has 5 nitrogen and oxygen atoms in total. The Kier molecular flexibility index (Phi) is 5.96. The van der Waals surface area contributed by atoms with Crippen molar-refractivity contribution in [3.8, 4) is 0 Å². The number of fused-ring (bicyclic) bond motifs is 1. The first kappa shape index (κ1) is 18.5. The second-order valence-electron chi connectivity index (χ2n) is 6.56. The van der Waals surface area contributed by atoms with Crippen molar-refractivity contribution < 1.29 is 9.59 Å². The lowest BCUT2D eigenvalue weighted by molar-refractivity contribution is -0.113. The lowest BCUT2D eigenvalue weighted by Gasteiger charge is -2.25. The largest absolute Gasteiger partial charge is 0.350 e. The zero-order valence-corrected chi connectivity index (χ0v) is 15.8. The maximum atomic E-state index is 12.5. The molecule has 26 heavy (non-hydrogen) atoms. The summed E-state index contributed by atoms with van der Waals surface area (Å²) in [5.74, 6) is 0.260. The van der Waals surface area contributed by atoms with Crippen LogP contribution >= 0.6 is 11.8 Å². The number of nitrogens with one attached hydrogen (secondary N) is 2. The van der Waals surface area contributed by atoms with Gasteiger partial charge in [0.05, 0.1) is 11.4 Å². The number of hydrogen-bond acceptors (Lipinski definition) is 4. The lowest BCUT2D eigenvalue weighted by atomic mass is 10.0. The van der Waals surface area contributed by atoms with Gasteiger partial charge in [-0.25, -0.2) is 0 Å². The third-order valence-electron chi connectivity index (χ3n) is 4.42. The van der Waals surface area contributed by atoms with Gasteiger partial charge in [0.1, 0.15) is 0 Å². The fraction of sp³-hybridized carbons (Fsp3) is 0.300. The smallest absolute Gasteiger partial charge is 0.251 e. The van der Waals surface area contributed by atoms with Gasteiger partial charge in [-0.2, -0.15) is 0 Å². The van der Waals surface area contributed by atoms with Crippen LogP contribution in [-0.2, 0) is 11.2 Å². The van der Waals surface area contributed by atoms with Crippen LogP contribution < -0.4 is 10.6 Å². The first-order valence-corrected chi connectivity index (χ1v) is 9.57. The van der Waals surface area contributed by atoms with Crippen molar-refractivity contribution >= 4 is 29.3 Å². The number of thioether (sulfide) groups is 1. The van der Waals surface area contributed by atoms with E-state index in [1.54, 1.807) is 12.1 Å². The van der Waals surface area contributed by atoms with Gasteiger partial charge in [0.25, 0.3) is 5.91 Å². The molecule has 6 heteroatoms. The van der Waals surface area contributed by atoms with Gasteiger partial charge in [-0.15, -0.1) is 11.8 Å². The highest BCUT2D eigenvalue weighted by atomic mass is 32.2. The number of carbonyl (C=O) groups is 2. The molecule has 0 aromatic heterocycles. The van der Waals surface area contributed by atoms with Gasteiger partial charge in [-0.05, 0) is 44.3 Å². The summed E-state index contributed by atoms with van der Waals surface area (Å²) in [4.78, 5) is 27.2. The highest BCUT2D eigenvalue weighted by Gasteiger charge is 2.18. The standard InChI is InChI=1S/C20H23N3O2S/c1-23(2)16(10-14-6-4-3-5-7-14)12-21-20(25)15-8-9-18-17(11-15)22-19(24)13-26-18/h3-9,11,16H,10,12-13H2,1-2H3,(H,21,25)(H,22,24)/t16-/m1/s1. The van der Waals surface area contributed by atoms with Crippen LogP contribution in [-0.4, -0.2) is 49.1 Å². The van der Waals surface area contributed by atoms with Gasteiger partial charge in [0, 0.05) is 23.0 Å². The Balaban J connectivity index is 1.63. The summed E-state index contributed by atoms with van der Waals surface area (Å²) in [6.07, 6.45) is 0.866. The van der Waals surface area contributed by atoms with Crippen LogP contribution in [0.3, 0.4) is 0 Å². The number of likely N-dealkylation sites (N-methyl/N-ethyl adjacent to an activating group) is 1. The van der Waals surface area contributed by atoms with E-state index < -0.39 is 0 Å². The van der Waals surface area contributed by atoms with Crippen LogP contribution in [0.2, 0.25) is 0 Å². The van der Waals surface area contributed by atoms with Crippen molar-refractivity contribution in [1.29, 1.82) is 0 Å². The first-order valence-electron chi connectivity index (χ1n) is 8.58. The van der Waals surface area contributed by atoms with Crippen LogP contribution in [0.15, 0.2) is 53.4 Å². The monoisotopic (exact) mass is 369 g/mol. The minimum absolute atomic E-state index is 0.0319. The first-order chi connectivity index (χ1) is 12.5. The van der Waals surface area contributed by atoms with E-state index in [0.29, 0.717) is 23.5 Å². The van der Waals surface area contributed by atoms with E-state index in [2.05, 4.69) is 27.7 Å². The molecule has 0 saturated carbocycles. The number of nitrogens with zero attached hydrogens (tertiary/aromatic N) is 1. The quantitative estimate of drug-likeness (QED) is 0.822. The minimum atomic E-state index is -0.127. The van der Waals surface area contributed by atoms with E-state index in [0.717, 1.165) is 11.3 Å². The molecule has 136 valence electrons. The summed E-state index contributed by atoms with van der Waals surface area (Å²) in [6, 6.07) is 15.9. The summed E-state index contributed by atoms with van der Waals surface area (Å²) >= 11 is 1.49. The summed E-state index contributed by atoms with van der Waals surface area (Å²) in [5.41, 5.74) is 2.52. The molecule has 0 fully saturated rings. The van der Waals surface area contributed by atoms with Gasteiger partial charge in [0.15, 0.2) is 0 Å². The average molecular weight is 369 g/mol. The van der Waals surface area contributed by atoms with Crippen LogP contribution in [0.1, 0.15) is 15.9 Å². The molecule has 1 aliphatic rings. The van der Waals surface area contributed by atoms with Crippen LogP contribution in [0.5, 0.6) is 0 Å². The molecule has 2 aromatic carbocycles. The van der Waals surface area contributed by atoms with Crippen molar-refractivity contribution in [2.75, 3.05) is 31.7 Å². The van der Waals surface area contributed by atoms with Gasteiger partial charge in [0.2, 0.25) is 5.91 Å². The summed E-state index contributed by atoms with van der Waals surface area (Å²) in [6.45, 7) is 0.554. The summed E-state index contributed by atoms with van der Waals surface area (Å²) in [5, 5.41) is 5.84. The predicted molar refractivity (Wildman–Crippen MR) is 106 cm³/mol. The van der Waals surface area contributed by atoms with Crippen molar-refractivity contribution in [1.82, 2.24) is 10.2 Å². The molecule has 2 N–H and O–H groups in total. The SMILES string of the molecule is CN(C)[C@@H](CNC(=O)c1ccc2c(c1)NC(=O)CS2)Cc1ccccc1. The zero-order chi connectivity index (χ0) is 18.5. The predicted octanol–water partition coefficient (Wildman–Crippen LogP) is 2.63. The Morgan fingerprint density at radius 2 is 2.00 bits per heavy atom. The maximum absolute atomic E-state index is 12.5. The molecular formula is C20H23N3O2S. The van der Waals surface area contributed by atoms with E-state index in [9.17, 15) is 9.59 Å². The Morgan fingerprint density at radius 3 is 2.73 bits per heavy atom. The second kappa shape index (κ2) is 8.38. The van der Waals surface area contributed by atoms with E-state index in [1.807, 2.05) is 38.4 Å². The molecule has 2 amide bonds. The van der Waals surface area contributed by atoms with Crippen LogP contribution in [0.4, 0.5) is 5.69 Å². The molecule has 1 heterocycles. The van der Waals surface area contributed by atoms with E-state index >= 15 is 0 Å². The Hall–Kier alpha value is -2.31. The van der Waals surface area contributed by atoms with Gasteiger partial charge < -0.3 is 15.5 Å². The topological polar surface area (TPSA) is 61.4 Å². The van der Waals surface area contributed by atoms with Crippen molar-refractivity contribution in [2.24, 2.45) is 0 Å². The van der Waals surface area contributed by atoms with Crippen molar-refractivity contribution in [2.45, 2.75) is 17.4 Å². The molecule has 3 rings (SSSR count). The highest BCUT2D eigenvalue weighted by molar-refractivity contribution is 8.00. The van der Waals surface area contributed by atoms with Crippen molar-refractivity contribution in [3.05, 3.63) is 59.7 Å². The van der Waals surface area contributed by atoms with Crippen LogP contribution in [0.25, 0.3) is 0 Å². The molecule has 2 aromatic rings. The normalized spacial score (nSPS) is 14.5. The molecular weight excluding hydrogens is 346 g/mol. The summed E-state index contributed by atoms with van der Waals surface area (Å²) < 4.78 is 0. The molecule has 0 aliphatic carbocycles. The fourth-order valence-electron chi connectivity index (χ4n) is 2.86. The van der Waals surface area contributed by atoms with Gasteiger partial charge in [-0.1, -0.05) is 30.3 Å². The van der Waals surface area contributed by atoms with Gasteiger partial charge in [-0.3, -0.25) is 9.59 Å². The summed E-state index contributed by atoms with van der Waals surface area (Å²) in [7, 11) is 4.04. The highest BCUT2D eigenvalue weighted by Crippen LogP contribution is 2.31. The Bertz CT molecular complexity index is 793.